The molecule has 0 radical (unpaired) electrons. The van der Waals surface area contributed by atoms with E-state index in [2.05, 4.69) is 10.5 Å². The van der Waals surface area contributed by atoms with E-state index < -0.39 is 5.60 Å². The van der Waals surface area contributed by atoms with E-state index in [1.165, 1.54) is 0 Å². The summed E-state index contributed by atoms with van der Waals surface area (Å²) in [5.41, 5.74) is 0.580. The molecule has 1 aromatic rings. The quantitative estimate of drug-likeness (QED) is 0.779. The molecule has 1 aromatic carbocycles. The number of methoxy groups -OCH3 is 2. The van der Waals surface area contributed by atoms with Gasteiger partial charge in [0.05, 0.1) is 12.8 Å². The third kappa shape index (κ3) is 3.57. The second kappa shape index (κ2) is 7.26. The Morgan fingerprint density at radius 2 is 2.18 bits per heavy atom. The van der Waals surface area contributed by atoms with Crippen molar-refractivity contribution in [3.63, 3.8) is 0 Å². The topological polar surface area (TPSA) is 69.2 Å². The summed E-state index contributed by atoms with van der Waals surface area (Å²) >= 11 is 0. The molecule has 6 nitrogen and oxygen atoms in total. The van der Waals surface area contributed by atoms with Gasteiger partial charge in [-0.05, 0) is 25.5 Å². The van der Waals surface area contributed by atoms with E-state index in [9.17, 15) is 4.79 Å². The Morgan fingerprint density at radius 1 is 1.41 bits per heavy atom. The maximum Gasteiger partial charge on any atom is 0.267 e. The van der Waals surface area contributed by atoms with Crippen LogP contribution in [0.1, 0.15) is 25.3 Å². The second-order valence-electron chi connectivity index (χ2n) is 5.34. The molecule has 0 unspecified atom stereocenters. The molecule has 0 saturated heterocycles. The zero-order chi connectivity index (χ0) is 16.0. The van der Waals surface area contributed by atoms with Crippen LogP contribution >= 0.6 is 0 Å². The summed E-state index contributed by atoms with van der Waals surface area (Å²) in [4.78, 5) is 17.7. The number of oxime groups is 1. The molecule has 1 amide bonds. The van der Waals surface area contributed by atoms with E-state index in [4.69, 9.17) is 14.3 Å². The van der Waals surface area contributed by atoms with Crippen LogP contribution in [0.5, 0.6) is 5.75 Å². The van der Waals surface area contributed by atoms with Gasteiger partial charge in [-0.1, -0.05) is 17.3 Å². The third-order valence-electron chi connectivity index (χ3n) is 3.57. The van der Waals surface area contributed by atoms with Crippen LogP contribution < -0.4 is 10.1 Å². The first-order valence-electron chi connectivity index (χ1n) is 7.26. The van der Waals surface area contributed by atoms with Gasteiger partial charge in [0.25, 0.3) is 5.91 Å². The van der Waals surface area contributed by atoms with Gasteiger partial charge in [0.15, 0.2) is 0 Å². The average molecular weight is 306 g/mol. The van der Waals surface area contributed by atoms with Gasteiger partial charge in [0.1, 0.15) is 5.75 Å². The fourth-order valence-electron chi connectivity index (χ4n) is 2.29. The number of amides is 1. The minimum Gasteiger partial charge on any atom is -0.496 e. The van der Waals surface area contributed by atoms with Crippen molar-refractivity contribution in [1.82, 2.24) is 5.32 Å². The van der Waals surface area contributed by atoms with E-state index in [0.29, 0.717) is 25.3 Å². The zero-order valence-corrected chi connectivity index (χ0v) is 13.2. The van der Waals surface area contributed by atoms with Gasteiger partial charge >= 0.3 is 0 Å². The summed E-state index contributed by atoms with van der Waals surface area (Å²) in [6, 6.07) is 7.56. The lowest BCUT2D eigenvalue weighted by molar-refractivity contribution is -0.141. The van der Waals surface area contributed by atoms with Crippen LogP contribution in [-0.2, 0) is 14.4 Å². The SMILES string of the molecule is COCCCNC(=O)[C@@]1(C)CC(c2ccccc2OC)=NO1. The van der Waals surface area contributed by atoms with E-state index >= 15 is 0 Å². The Morgan fingerprint density at radius 3 is 2.91 bits per heavy atom. The van der Waals surface area contributed by atoms with Crippen LogP contribution in [0.4, 0.5) is 0 Å². The highest BCUT2D eigenvalue weighted by Gasteiger charge is 2.42. The summed E-state index contributed by atoms with van der Waals surface area (Å²) in [7, 11) is 3.24. The molecule has 1 N–H and O–H groups in total. The molecule has 1 aliphatic rings. The monoisotopic (exact) mass is 306 g/mol. The van der Waals surface area contributed by atoms with Gasteiger partial charge in [-0.2, -0.15) is 0 Å². The van der Waals surface area contributed by atoms with Gasteiger partial charge in [0, 0.05) is 32.2 Å². The first-order chi connectivity index (χ1) is 10.6. The number of carbonyl (C=O) groups excluding carboxylic acids is 1. The van der Waals surface area contributed by atoms with Gasteiger partial charge in [0.2, 0.25) is 5.60 Å². The minimum absolute atomic E-state index is 0.169. The highest BCUT2D eigenvalue weighted by Crippen LogP contribution is 2.30. The van der Waals surface area contributed by atoms with Gasteiger partial charge in [-0.3, -0.25) is 4.79 Å². The molecule has 22 heavy (non-hydrogen) atoms. The number of benzene rings is 1. The van der Waals surface area contributed by atoms with Crippen molar-refractivity contribution >= 4 is 11.6 Å². The highest BCUT2D eigenvalue weighted by molar-refractivity contribution is 6.07. The maximum atomic E-state index is 12.3. The number of hydrogen-bond donors (Lipinski definition) is 1. The zero-order valence-electron chi connectivity index (χ0n) is 13.2. The number of hydrogen-bond acceptors (Lipinski definition) is 5. The van der Waals surface area contributed by atoms with Gasteiger partial charge in [-0.15, -0.1) is 0 Å². The molecule has 0 aromatic heterocycles. The van der Waals surface area contributed by atoms with Crippen LogP contribution in [0.2, 0.25) is 0 Å². The van der Waals surface area contributed by atoms with E-state index in [1.807, 2.05) is 24.3 Å². The van der Waals surface area contributed by atoms with Crippen molar-refractivity contribution in [1.29, 1.82) is 0 Å². The minimum atomic E-state index is -0.983. The fourth-order valence-corrected chi connectivity index (χ4v) is 2.29. The Labute approximate surface area is 130 Å². The lowest BCUT2D eigenvalue weighted by Gasteiger charge is -2.20. The van der Waals surface area contributed by atoms with Crippen molar-refractivity contribution in [2.24, 2.45) is 5.16 Å². The average Bonchev–Trinajstić information content (AvgIpc) is 2.95. The Kier molecular flexibility index (Phi) is 5.38. The number of rotatable bonds is 7. The highest BCUT2D eigenvalue weighted by atomic mass is 16.7. The largest absolute Gasteiger partial charge is 0.496 e. The number of carbonyl (C=O) groups is 1. The summed E-state index contributed by atoms with van der Waals surface area (Å²) in [6.07, 6.45) is 1.17. The number of ether oxygens (including phenoxy) is 2. The van der Waals surface area contributed by atoms with Crippen LogP contribution in [0.15, 0.2) is 29.4 Å². The van der Waals surface area contributed by atoms with Crippen LogP contribution in [0.3, 0.4) is 0 Å². The van der Waals surface area contributed by atoms with Crippen molar-refractivity contribution < 1.29 is 19.1 Å². The van der Waals surface area contributed by atoms with Crippen molar-refractivity contribution in [2.75, 3.05) is 27.4 Å². The van der Waals surface area contributed by atoms with Crippen LogP contribution in [-0.4, -0.2) is 44.6 Å². The Hall–Kier alpha value is -2.08. The Bertz CT molecular complexity index is 559. The molecular weight excluding hydrogens is 284 g/mol. The predicted molar refractivity (Wildman–Crippen MR) is 83.1 cm³/mol. The van der Waals surface area contributed by atoms with Crippen molar-refractivity contribution in [3.8, 4) is 5.75 Å². The van der Waals surface area contributed by atoms with Crippen LogP contribution in [0, 0.1) is 0 Å². The van der Waals surface area contributed by atoms with E-state index in [1.54, 1.807) is 21.1 Å². The van der Waals surface area contributed by atoms with Crippen molar-refractivity contribution in [2.45, 2.75) is 25.4 Å². The standard InChI is InChI=1S/C16H22N2O4/c1-16(15(19)17-9-6-10-20-2)11-13(18-22-16)12-7-4-5-8-14(12)21-3/h4-5,7-8H,6,9-11H2,1-3H3,(H,17,19)/t16-/m1/s1. The lowest BCUT2D eigenvalue weighted by atomic mass is 9.94. The molecular formula is C16H22N2O4. The molecule has 0 fully saturated rings. The molecule has 6 heteroatoms. The smallest absolute Gasteiger partial charge is 0.267 e. The number of nitrogens with one attached hydrogen (secondary N) is 1. The summed E-state index contributed by atoms with van der Waals surface area (Å²) in [5, 5.41) is 6.94. The van der Waals surface area contributed by atoms with Gasteiger partial charge in [-0.25, -0.2) is 0 Å². The number of para-hydroxylation sites is 1. The van der Waals surface area contributed by atoms with Crippen LogP contribution in [0.25, 0.3) is 0 Å². The summed E-state index contributed by atoms with van der Waals surface area (Å²) in [5.74, 6) is 0.548. The summed E-state index contributed by atoms with van der Waals surface area (Å²) in [6.45, 7) is 2.90. The fraction of sp³-hybridized carbons (Fsp3) is 0.500. The van der Waals surface area contributed by atoms with E-state index in [-0.39, 0.29) is 5.91 Å². The molecule has 1 atom stereocenters. The molecule has 0 aliphatic carbocycles. The molecule has 0 bridgehead atoms. The first-order valence-corrected chi connectivity index (χ1v) is 7.26. The first kappa shape index (κ1) is 16.3. The van der Waals surface area contributed by atoms with E-state index in [0.717, 1.165) is 17.7 Å². The number of nitrogens with zero attached hydrogens (tertiary/aromatic N) is 1. The summed E-state index contributed by atoms with van der Waals surface area (Å²) < 4.78 is 10.3. The molecule has 1 heterocycles. The lowest BCUT2D eigenvalue weighted by Crippen LogP contribution is -2.45. The maximum absolute atomic E-state index is 12.3. The molecule has 0 saturated carbocycles. The van der Waals surface area contributed by atoms with Gasteiger partial charge < -0.3 is 19.6 Å². The molecule has 0 spiro atoms. The second-order valence-corrected chi connectivity index (χ2v) is 5.34. The molecule has 2 rings (SSSR count). The molecule has 1 aliphatic heterocycles. The van der Waals surface area contributed by atoms with Crippen molar-refractivity contribution in [3.05, 3.63) is 29.8 Å². The normalized spacial score (nSPS) is 20.2. The Balaban J connectivity index is 1.99. The third-order valence-corrected chi connectivity index (χ3v) is 3.57. The predicted octanol–water partition coefficient (Wildman–Crippen LogP) is 1.73. The molecule has 120 valence electrons.